The van der Waals surface area contributed by atoms with E-state index in [4.69, 9.17) is 5.84 Å². The Morgan fingerprint density at radius 3 is 2.74 bits per heavy atom. The summed E-state index contributed by atoms with van der Waals surface area (Å²) in [6.07, 6.45) is 1.70. The standard InChI is InChI=1S/C15H18N6OS/c1-15(2,3)13-18-19-14(21(13)16)23-9-10-8-12(22)20-7-5-4-6-11(20)17-10/h4-8H,9,16H2,1-3H3. The number of aromatic nitrogens is 5. The predicted octanol–water partition coefficient (Wildman–Crippen LogP) is 1.59. The highest BCUT2D eigenvalue weighted by molar-refractivity contribution is 7.98. The van der Waals surface area contributed by atoms with Crippen molar-refractivity contribution in [2.75, 3.05) is 5.84 Å². The molecule has 3 heterocycles. The van der Waals surface area contributed by atoms with E-state index in [-0.39, 0.29) is 11.0 Å². The van der Waals surface area contributed by atoms with Crippen molar-refractivity contribution in [2.24, 2.45) is 0 Å². The van der Waals surface area contributed by atoms with Crippen LogP contribution in [0.25, 0.3) is 5.65 Å². The van der Waals surface area contributed by atoms with Crippen molar-refractivity contribution in [3.8, 4) is 0 Å². The lowest BCUT2D eigenvalue weighted by molar-refractivity contribution is 0.523. The minimum Gasteiger partial charge on any atom is -0.336 e. The highest BCUT2D eigenvalue weighted by atomic mass is 32.2. The number of rotatable bonds is 3. The van der Waals surface area contributed by atoms with E-state index in [2.05, 4.69) is 15.2 Å². The van der Waals surface area contributed by atoms with Crippen molar-refractivity contribution >= 4 is 17.4 Å². The lowest BCUT2D eigenvalue weighted by atomic mass is 9.96. The third-order valence-electron chi connectivity index (χ3n) is 3.31. The molecule has 2 N–H and O–H groups in total. The largest absolute Gasteiger partial charge is 0.336 e. The molecular weight excluding hydrogens is 312 g/mol. The maximum Gasteiger partial charge on any atom is 0.258 e. The Kier molecular flexibility index (Phi) is 3.85. The van der Waals surface area contributed by atoms with Gasteiger partial charge in [0.25, 0.3) is 5.56 Å². The third-order valence-corrected chi connectivity index (χ3v) is 4.29. The van der Waals surface area contributed by atoms with Crippen molar-refractivity contribution in [3.05, 3.63) is 52.3 Å². The summed E-state index contributed by atoms with van der Waals surface area (Å²) in [6, 6.07) is 6.99. The fourth-order valence-corrected chi connectivity index (χ4v) is 2.95. The van der Waals surface area contributed by atoms with E-state index in [1.54, 1.807) is 18.3 Å². The molecule has 0 bridgehead atoms. The highest BCUT2D eigenvalue weighted by Crippen LogP contribution is 2.24. The number of hydrogen-bond donors (Lipinski definition) is 1. The van der Waals surface area contributed by atoms with E-state index >= 15 is 0 Å². The minimum atomic E-state index is -0.180. The quantitative estimate of drug-likeness (QED) is 0.579. The van der Waals surface area contributed by atoms with Gasteiger partial charge in [0.15, 0.2) is 5.82 Å². The fraction of sp³-hybridized carbons (Fsp3) is 0.333. The van der Waals surface area contributed by atoms with Crippen molar-refractivity contribution < 1.29 is 0 Å². The molecule has 23 heavy (non-hydrogen) atoms. The predicted molar refractivity (Wildman–Crippen MR) is 89.9 cm³/mol. The van der Waals surface area contributed by atoms with Crippen molar-refractivity contribution in [1.29, 1.82) is 0 Å². The first-order valence-electron chi connectivity index (χ1n) is 7.17. The van der Waals surface area contributed by atoms with E-state index < -0.39 is 0 Å². The zero-order valence-corrected chi connectivity index (χ0v) is 14.0. The summed E-state index contributed by atoms with van der Waals surface area (Å²) in [4.78, 5) is 16.5. The molecule has 7 nitrogen and oxygen atoms in total. The number of fused-ring (bicyclic) bond motifs is 1. The molecule has 120 valence electrons. The van der Waals surface area contributed by atoms with Crippen LogP contribution in [0.1, 0.15) is 32.3 Å². The van der Waals surface area contributed by atoms with Crippen molar-refractivity contribution in [3.63, 3.8) is 0 Å². The second-order valence-corrected chi connectivity index (χ2v) is 7.17. The number of hydrogen-bond acceptors (Lipinski definition) is 6. The Bertz CT molecular complexity index is 908. The Morgan fingerprint density at radius 2 is 2.04 bits per heavy atom. The number of nitrogen functional groups attached to an aromatic ring is 1. The summed E-state index contributed by atoms with van der Waals surface area (Å²) in [5.41, 5.74) is 1.03. The van der Waals surface area contributed by atoms with Crippen LogP contribution in [0.5, 0.6) is 0 Å². The molecule has 3 aromatic heterocycles. The summed E-state index contributed by atoms with van der Waals surface area (Å²) in [5, 5.41) is 8.87. The van der Waals surface area contributed by atoms with Crippen LogP contribution in [0.4, 0.5) is 0 Å². The molecule has 3 aromatic rings. The van der Waals surface area contributed by atoms with E-state index in [0.717, 1.165) is 0 Å². The summed E-state index contributed by atoms with van der Waals surface area (Å²) < 4.78 is 3.01. The molecule has 0 aromatic carbocycles. The molecule has 0 unspecified atom stereocenters. The number of nitrogens with zero attached hydrogens (tertiary/aromatic N) is 5. The number of nitrogens with two attached hydrogens (primary N) is 1. The van der Waals surface area contributed by atoms with Gasteiger partial charge in [-0.15, -0.1) is 10.2 Å². The average Bonchev–Trinajstić information content (AvgIpc) is 2.86. The summed E-state index contributed by atoms with van der Waals surface area (Å²) in [7, 11) is 0. The molecule has 0 fully saturated rings. The Hall–Kier alpha value is -2.35. The molecule has 0 atom stereocenters. The molecule has 0 aliphatic heterocycles. The van der Waals surface area contributed by atoms with Gasteiger partial charge in [-0.3, -0.25) is 9.20 Å². The van der Waals surface area contributed by atoms with Gasteiger partial charge in [-0.2, -0.15) is 0 Å². The summed E-state index contributed by atoms with van der Waals surface area (Å²) >= 11 is 1.41. The maximum absolute atomic E-state index is 12.1. The van der Waals surface area contributed by atoms with Crippen LogP contribution in [-0.2, 0) is 11.2 Å². The van der Waals surface area contributed by atoms with E-state index in [9.17, 15) is 4.79 Å². The zero-order chi connectivity index (χ0) is 16.6. The first-order chi connectivity index (χ1) is 10.9. The van der Waals surface area contributed by atoms with Gasteiger partial charge in [0.2, 0.25) is 5.16 Å². The Morgan fingerprint density at radius 1 is 1.26 bits per heavy atom. The van der Waals surface area contributed by atoms with Crippen LogP contribution in [0.15, 0.2) is 40.4 Å². The Balaban J connectivity index is 1.84. The van der Waals surface area contributed by atoms with Crippen LogP contribution in [0.3, 0.4) is 0 Å². The summed E-state index contributed by atoms with van der Waals surface area (Å²) in [5.74, 6) is 7.27. The molecule has 8 heteroatoms. The van der Waals surface area contributed by atoms with Crippen molar-refractivity contribution in [2.45, 2.75) is 37.1 Å². The topological polar surface area (TPSA) is 91.1 Å². The van der Waals surface area contributed by atoms with Crippen LogP contribution in [-0.4, -0.2) is 24.3 Å². The highest BCUT2D eigenvalue weighted by Gasteiger charge is 2.23. The van der Waals surface area contributed by atoms with E-state index in [0.29, 0.717) is 28.1 Å². The van der Waals surface area contributed by atoms with Crippen LogP contribution in [0.2, 0.25) is 0 Å². The van der Waals surface area contributed by atoms with Gasteiger partial charge in [-0.1, -0.05) is 38.6 Å². The van der Waals surface area contributed by atoms with Gasteiger partial charge in [-0.05, 0) is 12.1 Å². The van der Waals surface area contributed by atoms with E-state index in [1.165, 1.54) is 26.9 Å². The molecule has 0 saturated carbocycles. The molecule has 0 amide bonds. The molecular formula is C15H18N6OS. The lowest BCUT2D eigenvalue weighted by Gasteiger charge is -2.16. The second kappa shape index (κ2) is 5.69. The average molecular weight is 330 g/mol. The lowest BCUT2D eigenvalue weighted by Crippen LogP contribution is -2.24. The Labute approximate surface area is 137 Å². The second-order valence-electron chi connectivity index (χ2n) is 6.23. The first-order valence-corrected chi connectivity index (χ1v) is 8.16. The zero-order valence-electron chi connectivity index (χ0n) is 13.2. The van der Waals surface area contributed by atoms with Gasteiger partial charge < -0.3 is 5.84 Å². The van der Waals surface area contributed by atoms with Gasteiger partial charge >= 0.3 is 0 Å². The van der Waals surface area contributed by atoms with Gasteiger partial charge in [0, 0.05) is 23.4 Å². The summed E-state index contributed by atoms with van der Waals surface area (Å²) in [6.45, 7) is 6.09. The fourth-order valence-electron chi connectivity index (χ4n) is 2.20. The third kappa shape index (κ3) is 3.07. The molecule has 3 rings (SSSR count). The van der Waals surface area contributed by atoms with Crippen LogP contribution in [0, 0.1) is 0 Å². The first kappa shape index (κ1) is 15.5. The van der Waals surface area contributed by atoms with Crippen molar-refractivity contribution in [1.82, 2.24) is 24.3 Å². The maximum atomic E-state index is 12.1. The number of thioether (sulfide) groups is 1. The molecule has 0 radical (unpaired) electrons. The van der Waals surface area contributed by atoms with Gasteiger partial charge in [0.1, 0.15) is 5.65 Å². The smallest absolute Gasteiger partial charge is 0.258 e. The van der Waals surface area contributed by atoms with Crippen LogP contribution < -0.4 is 11.4 Å². The molecule has 0 spiro atoms. The van der Waals surface area contributed by atoms with Gasteiger partial charge in [0.05, 0.1) is 5.69 Å². The molecule has 0 aliphatic carbocycles. The van der Waals surface area contributed by atoms with Gasteiger partial charge in [-0.25, -0.2) is 9.66 Å². The molecule has 0 saturated heterocycles. The minimum absolute atomic E-state index is 0.101. The number of pyridine rings is 1. The molecule has 0 aliphatic rings. The van der Waals surface area contributed by atoms with E-state index in [1.807, 2.05) is 26.8 Å². The normalized spacial score (nSPS) is 12.0. The van der Waals surface area contributed by atoms with Crippen LogP contribution >= 0.6 is 11.8 Å². The SMILES string of the molecule is CC(C)(C)c1nnc(SCc2cc(=O)n3ccccc3n2)n1N. The monoisotopic (exact) mass is 330 g/mol.